The van der Waals surface area contributed by atoms with E-state index in [0.29, 0.717) is 24.2 Å². The number of nitrogens with zero attached hydrogens (tertiary/aromatic N) is 3. The monoisotopic (exact) mass is 313 g/mol. The predicted octanol–water partition coefficient (Wildman–Crippen LogP) is 2.41. The molecule has 0 unspecified atom stereocenters. The average Bonchev–Trinajstić information content (AvgIpc) is 3.42. The van der Waals surface area contributed by atoms with Gasteiger partial charge in [0.05, 0.1) is 7.11 Å². The van der Waals surface area contributed by atoms with E-state index in [4.69, 9.17) is 4.74 Å². The van der Waals surface area contributed by atoms with Gasteiger partial charge >= 0.3 is 0 Å². The van der Waals surface area contributed by atoms with E-state index in [0.717, 1.165) is 17.3 Å². The third kappa shape index (κ3) is 3.45. The standard InChI is InChI=1S/C18H23N3O2/c1-20(14-8-9-14)10-11-21(2)18(22)16-12-13-6-4-5-7-15(13)17(19-16)23-3/h4-7,12,14H,8-11H2,1-3H3. The first-order valence-corrected chi connectivity index (χ1v) is 7.99. The SMILES string of the molecule is COc1nc(C(=O)N(C)CCN(C)C2CC2)cc2ccccc12. The van der Waals surface area contributed by atoms with Gasteiger partial charge in [-0.05, 0) is 37.4 Å². The van der Waals surface area contributed by atoms with Gasteiger partial charge in [0.25, 0.3) is 5.91 Å². The molecule has 122 valence electrons. The van der Waals surface area contributed by atoms with Gasteiger partial charge in [0.15, 0.2) is 0 Å². The number of methoxy groups -OCH3 is 1. The molecule has 1 aromatic heterocycles. The van der Waals surface area contributed by atoms with Gasteiger partial charge in [-0.25, -0.2) is 4.98 Å². The number of likely N-dealkylation sites (N-methyl/N-ethyl adjacent to an activating group) is 2. The summed E-state index contributed by atoms with van der Waals surface area (Å²) >= 11 is 0. The molecule has 0 atom stereocenters. The summed E-state index contributed by atoms with van der Waals surface area (Å²) in [4.78, 5) is 21.1. The van der Waals surface area contributed by atoms with Crippen LogP contribution in [0.5, 0.6) is 5.88 Å². The minimum atomic E-state index is -0.0711. The molecule has 0 radical (unpaired) electrons. The molecule has 0 aliphatic heterocycles. The number of pyridine rings is 1. The summed E-state index contributed by atoms with van der Waals surface area (Å²) in [6, 6.07) is 10.3. The second-order valence-electron chi connectivity index (χ2n) is 6.18. The zero-order valence-electron chi connectivity index (χ0n) is 14.0. The summed E-state index contributed by atoms with van der Waals surface area (Å²) < 4.78 is 5.35. The summed E-state index contributed by atoms with van der Waals surface area (Å²) in [7, 11) is 5.52. The molecule has 1 aromatic carbocycles. The van der Waals surface area contributed by atoms with E-state index in [9.17, 15) is 4.79 Å². The summed E-state index contributed by atoms with van der Waals surface area (Å²) in [6.45, 7) is 1.58. The zero-order valence-corrected chi connectivity index (χ0v) is 14.0. The molecule has 1 amide bonds. The minimum Gasteiger partial charge on any atom is -0.481 e. The van der Waals surface area contributed by atoms with Gasteiger partial charge < -0.3 is 14.5 Å². The van der Waals surface area contributed by atoms with Gasteiger partial charge in [0.2, 0.25) is 5.88 Å². The third-order valence-corrected chi connectivity index (χ3v) is 4.42. The third-order valence-electron chi connectivity index (χ3n) is 4.42. The van der Waals surface area contributed by atoms with Crippen LogP contribution in [0.2, 0.25) is 0 Å². The number of hydrogen-bond donors (Lipinski definition) is 0. The molecule has 23 heavy (non-hydrogen) atoms. The molecule has 0 spiro atoms. The quantitative estimate of drug-likeness (QED) is 0.821. The van der Waals surface area contributed by atoms with Gasteiger partial charge in [-0.3, -0.25) is 4.79 Å². The van der Waals surface area contributed by atoms with Crippen molar-refractivity contribution in [3.05, 3.63) is 36.0 Å². The lowest BCUT2D eigenvalue weighted by atomic mass is 10.1. The lowest BCUT2D eigenvalue weighted by Gasteiger charge is -2.22. The minimum absolute atomic E-state index is 0.0711. The summed E-state index contributed by atoms with van der Waals surface area (Å²) in [5, 5.41) is 1.88. The predicted molar refractivity (Wildman–Crippen MR) is 90.9 cm³/mol. The van der Waals surface area contributed by atoms with Crippen molar-refractivity contribution < 1.29 is 9.53 Å². The lowest BCUT2D eigenvalue weighted by Crippen LogP contribution is -2.36. The van der Waals surface area contributed by atoms with Crippen molar-refractivity contribution in [2.24, 2.45) is 0 Å². The number of carbonyl (C=O) groups is 1. The molecule has 0 N–H and O–H groups in total. The summed E-state index contributed by atoms with van der Waals surface area (Å²) in [5.41, 5.74) is 0.428. The Morgan fingerprint density at radius 2 is 2.00 bits per heavy atom. The van der Waals surface area contributed by atoms with Crippen LogP contribution in [0, 0.1) is 0 Å². The number of carbonyl (C=O) groups excluding carboxylic acids is 1. The zero-order chi connectivity index (χ0) is 16.4. The molecule has 0 saturated heterocycles. The first-order valence-electron chi connectivity index (χ1n) is 7.99. The highest BCUT2D eigenvalue weighted by atomic mass is 16.5. The number of amides is 1. The number of hydrogen-bond acceptors (Lipinski definition) is 4. The Bertz CT molecular complexity index is 712. The second kappa shape index (κ2) is 6.54. The molecule has 2 aromatic rings. The van der Waals surface area contributed by atoms with Crippen LogP contribution in [0.1, 0.15) is 23.3 Å². The fraction of sp³-hybridized carbons (Fsp3) is 0.444. The van der Waals surface area contributed by atoms with Crippen LogP contribution >= 0.6 is 0 Å². The largest absolute Gasteiger partial charge is 0.481 e. The van der Waals surface area contributed by atoms with Gasteiger partial charge in [0, 0.05) is 31.6 Å². The van der Waals surface area contributed by atoms with Crippen LogP contribution in [-0.4, -0.2) is 61.0 Å². The van der Waals surface area contributed by atoms with Crippen molar-refractivity contribution in [2.45, 2.75) is 18.9 Å². The number of ether oxygens (including phenoxy) is 1. The maximum atomic E-state index is 12.6. The molecular weight excluding hydrogens is 290 g/mol. The van der Waals surface area contributed by atoms with E-state index in [-0.39, 0.29) is 5.91 Å². The number of benzene rings is 1. The number of aromatic nitrogens is 1. The van der Waals surface area contributed by atoms with Crippen LogP contribution in [0.25, 0.3) is 10.8 Å². The van der Waals surface area contributed by atoms with E-state index >= 15 is 0 Å². The van der Waals surface area contributed by atoms with Crippen molar-refractivity contribution in [3.63, 3.8) is 0 Å². The normalized spacial score (nSPS) is 14.3. The fourth-order valence-corrected chi connectivity index (χ4v) is 2.73. The van der Waals surface area contributed by atoms with Crippen LogP contribution in [0.3, 0.4) is 0 Å². The Kier molecular flexibility index (Phi) is 4.48. The molecule has 1 fully saturated rings. The van der Waals surface area contributed by atoms with Crippen molar-refractivity contribution >= 4 is 16.7 Å². The van der Waals surface area contributed by atoms with Gasteiger partial charge in [-0.15, -0.1) is 0 Å². The number of rotatable bonds is 6. The van der Waals surface area contributed by atoms with E-state index < -0.39 is 0 Å². The van der Waals surface area contributed by atoms with E-state index in [1.54, 1.807) is 12.0 Å². The topological polar surface area (TPSA) is 45.7 Å². The Morgan fingerprint density at radius 3 is 2.70 bits per heavy atom. The van der Waals surface area contributed by atoms with Gasteiger partial charge in [0.1, 0.15) is 5.69 Å². The van der Waals surface area contributed by atoms with E-state index in [1.807, 2.05) is 37.4 Å². The van der Waals surface area contributed by atoms with Crippen LogP contribution < -0.4 is 4.74 Å². The smallest absolute Gasteiger partial charge is 0.272 e. The molecule has 1 saturated carbocycles. The van der Waals surface area contributed by atoms with Crippen molar-refractivity contribution in [1.29, 1.82) is 0 Å². The Morgan fingerprint density at radius 1 is 1.26 bits per heavy atom. The summed E-state index contributed by atoms with van der Waals surface area (Å²) in [5.74, 6) is 0.424. The van der Waals surface area contributed by atoms with Crippen LogP contribution in [0.15, 0.2) is 30.3 Å². The van der Waals surface area contributed by atoms with Crippen LogP contribution in [0.4, 0.5) is 0 Å². The molecule has 5 heteroatoms. The first kappa shape index (κ1) is 15.7. The fourth-order valence-electron chi connectivity index (χ4n) is 2.73. The first-order chi connectivity index (χ1) is 11.1. The molecule has 1 aliphatic carbocycles. The maximum absolute atomic E-state index is 12.6. The van der Waals surface area contributed by atoms with Crippen molar-refractivity contribution in [3.8, 4) is 5.88 Å². The Labute approximate surface area is 136 Å². The Hall–Kier alpha value is -2.14. The molecule has 0 bridgehead atoms. The highest BCUT2D eigenvalue weighted by Crippen LogP contribution is 2.26. The highest BCUT2D eigenvalue weighted by Gasteiger charge is 2.26. The van der Waals surface area contributed by atoms with Gasteiger partial charge in [-0.1, -0.05) is 18.2 Å². The molecule has 1 aliphatic rings. The van der Waals surface area contributed by atoms with Crippen molar-refractivity contribution in [1.82, 2.24) is 14.8 Å². The molecule has 5 nitrogen and oxygen atoms in total. The van der Waals surface area contributed by atoms with Crippen molar-refractivity contribution in [2.75, 3.05) is 34.3 Å². The highest BCUT2D eigenvalue weighted by molar-refractivity contribution is 5.98. The Balaban J connectivity index is 1.76. The average molecular weight is 313 g/mol. The summed E-state index contributed by atoms with van der Waals surface area (Å²) in [6.07, 6.45) is 2.55. The van der Waals surface area contributed by atoms with Crippen LogP contribution in [-0.2, 0) is 0 Å². The lowest BCUT2D eigenvalue weighted by molar-refractivity contribution is 0.0775. The van der Waals surface area contributed by atoms with Gasteiger partial charge in [-0.2, -0.15) is 0 Å². The molecule has 3 rings (SSSR count). The molecular formula is C18H23N3O2. The van der Waals surface area contributed by atoms with E-state index in [1.165, 1.54) is 12.8 Å². The second-order valence-corrected chi connectivity index (χ2v) is 6.18. The number of fused-ring (bicyclic) bond motifs is 1. The maximum Gasteiger partial charge on any atom is 0.272 e. The van der Waals surface area contributed by atoms with E-state index in [2.05, 4.69) is 16.9 Å². The molecule has 1 heterocycles.